The van der Waals surface area contributed by atoms with Gasteiger partial charge >= 0.3 is 11.7 Å². The minimum absolute atomic E-state index is 0.0322. The van der Waals surface area contributed by atoms with Crippen LogP contribution in [0.1, 0.15) is 24.8 Å². The average molecular weight is 288 g/mol. The van der Waals surface area contributed by atoms with Gasteiger partial charge in [0.25, 0.3) is 0 Å². The SMILES string of the molecule is N#Cc1cnc(N2C3CCC2C(C(=O)O)C3)c([N+](=O)[O-])c1. The molecule has 3 heterocycles. The van der Waals surface area contributed by atoms with Gasteiger partial charge in [-0.05, 0) is 19.3 Å². The van der Waals surface area contributed by atoms with E-state index >= 15 is 0 Å². The van der Waals surface area contributed by atoms with Gasteiger partial charge in [-0.3, -0.25) is 14.9 Å². The number of rotatable bonds is 3. The van der Waals surface area contributed by atoms with Crippen molar-refractivity contribution in [3.8, 4) is 6.07 Å². The number of nitro groups is 1. The lowest BCUT2D eigenvalue weighted by atomic mass is 9.89. The zero-order valence-corrected chi connectivity index (χ0v) is 11.0. The fourth-order valence-electron chi connectivity index (χ4n) is 3.42. The van der Waals surface area contributed by atoms with Crippen LogP contribution in [0.15, 0.2) is 12.3 Å². The Morgan fingerprint density at radius 1 is 1.57 bits per heavy atom. The number of hydrogen-bond donors (Lipinski definition) is 1. The van der Waals surface area contributed by atoms with Crippen LogP contribution in [0, 0.1) is 27.4 Å². The van der Waals surface area contributed by atoms with Crippen LogP contribution in [-0.2, 0) is 4.79 Å². The molecule has 0 radical (unpaired) electrons. The maximum Gasteiger partial charge on any atom is 0.312 e. The van der Waals surface area contributed by atoms with Gasteiger partial charge in [-0.2, -0.15) is 5.26 Å². The molecule has 2 aliphatic rings. The number of carbonyl (C=O) groups is 1. The van der Waals surface area contributed by atoms with Crippen molar-refractivity contribution in [3.05, 3.63) is 27.9 Å². The Hall–Kier alpha value is -2.69. The zero-order valence-electron chi connectivity index (χ0n) is 11.0. The molecule has 1 aromatic heterocycles. The Kier molecular flexibility index (Phi) is 2.97. The van der Waals surface area contributed by atoms with Gasteiger partial charge in [0.1, 0.15) is 6.07 Å². The number of pyridine rings is 1. The summed E-state index contributed by atoms with van der Waals surface area (Å²) in [5, 5.41) is 29.3. The Morgan fingerprint density at radius 2 is 2.33 bits per heavy atom. The summed E-state index contributed by atoms with van der Waals surface area (Å²) in [6.07, 6.45) is 3.28. The fourth-order valence-corrected chi connectivity index (χ4v) is 3.42. The molecule has 0 amide bonds. The van der Waals surface area contributed by atoms with Crippen LogP contribution in [0.3, 0.4) is 0 Å². The molecule has 2 fully saturated rings. The van der Waals surface area contributed by atoms with Crippen molar-refractivity contribution in [1.82, 2.24) is 4.98 Å². The van der Waals surface area contributed by atoms with Gasteiger partial charge in [-0.25, -0.2) is 4.98 Å². The summed E-state index contributed by atoms with van der Waals surface area (Å²) in [5.41, 5.74) is -0.122. The Labute approximate surface area is 119 Å². The first kappa shape index (κ1) is 13.3. The molecule has 3 atom stereocenters. The van der Waals surface area contributed by atoms with Gasteiger partial charge in [0.15, 0.2) is 0 Å². The number of anilines is 1. The predicted molar refractivity (Wildman–Crippen MR) is 70.6 cm³/mol. The molecule has 8 heteroatoms. The van der Waals surface area contributed by atoms with Crippen LogP contribution in [0.5, 0.6) is 0 Å². The monoisotopic (exact) mass is 288 g/mol. The number of hydrogen-bond acceptors (Lipinski definition) is 6. The van der Waals surface area contributed by atoms with Gasteiger partial charge < -0.3 is 10.0 Å². The molecule has 0 aliphatic carbocycles. The summed E-state index contributed by atoms with van der Waals surface area (Å²) in [6, 6.07) is 2.73. The van der Waals surface area contributed by atoms with Crippen molar-refractivity contribution in [1.29, 1.82) is 5.26 Å². The Bertz CT molecular complexity index is 669. The highest BCUT2D eigenvalue weighted by Gasteiger charge is 2.51. The third kappa shape index (κ3) is 1.98. The molecule has 1 aromatic rings. The molecule has 1 N–H and O–H groups in total. The molecule has 0 saturated carbocycles. The molecule has 2 aliphatic heterocycles. The van der Waals surface area contributed by atoms with E-state index in [1.807, 2.05) is 6.07 Å². The Morgan fingerprint density at radius 3 is 2.90 bits per heavy atom. The minimum atomic E-state index is -0.872. The molecule has 2 bridgehead atoms. The van der Waals surface area contributed by atoms with Crippen LogP contribution in [0.4, 0.5) is 11.5 Å². The normalized spacial score (nSPS) is 26.6. The molecule has 8 nitrogen and oxygen atoms in total. The quantitative estimate of drug-likeness (QED) is 0.657. The van der Waals surface area contributed by atoms with E-state index in [0.717, 1.165) is 6.42 Å². The number of aliphatic carboxylic acids is 1. The smallest absolute Gasteiger partial charge is 0.312 e. The average Bonchev–Trinajstić information content (AvgIpc) is 3.04. The molecule has 0 aromatic carbocycles. The molecule has 21 heavy (non-hydrogen) atoms. The molecular formula is C13H12N4O4. The van der Waals surface area contributed by atoms with E-state index < -0.39 is 16.8 Å². The summed E-state index contributed by atoms with van der Waals surface area (Å²) in [5.74, 6) is -1.21. The van der Waals surface area contributed by atoms with Crippen LogP contribution >= 0.6 is 0 Å². The van der Waals surface area contributed by atoms with E-state index in [1.54, 1.807) is 4.90 Å². The fraction of sp³-hybridized carbons (Fsp3) is 0.462. The van der Waals surface area contributed by atoms with E-state index in [2.05, 4.69) is 4.98 Å². The lowest BCUT2D eigenvalue weighted by Gasteiger charge is -2.23. The number of carboxylic acid groups (broad SMARTS) is 1. The first-order valence-corrected chi connectivity index (χ1v) is 6.58. The van der Waals surface area contributed by atoms with E-state index in [0.29, 0.717) is 12.8 Å². The number of nitrogens with zero attached hydrogens (tertiary/aromatic N) is 4. The van der Waals surface area contributed by atoms with Crippen molar-refractivity contribution < 1.29 is 14.8 Å². The van der Waals surface area contributed by atoms with E-state index in [1.165, 1.54) is 12.3 Å². The van der Waals surface area contributed by atoms with Gasteiger partial charge in [0.2, 0.25) is 5.82 Å². The van der Waals surface area contributed by atoms with Crippen molar-refractivity contribution in [2.75, 3.05) is 4.90 Å². The second kappa shape index (κ2) is 4.70. The predicted octanol–water partition coefficient (Wildman–Crippen LogP) is 1.30. The summed E-state index contributed by atoms with van der Waals surface area (Å²) >= 11 is 0. The van der Waals surface area contributed by atoms with Gasteiger partial charge in [0.05, 0.1) is 16.4 Å². The summed E-state index contributed by atoms with van der Waals surface area (Å²) in [6.45, 7) is 0. The number of fused-ring (bicyclic) bond motifs is 2. The van der Waals surface area contributed by atoms with Crippen LogP contribution in [-0.4, -0.2) is 33.1 Å². The minimum Gasteiger partial charge on any atom is -0.481 e. The lowest BCUT2D eigenvalue weighted by molar-refractivity contribution is -0.384. The second-order valence-corrected chi connectivity index (χ2v) is 5.32. The molecular weight excluding hydrogens is 276 g/mol. The van der Waals surface area contributed by atoms with Crippen molar-refractivity contribution >= 4 is 17.5 Å². The number of carboxylic acids is 1. The molecule has 2 saturated heterocycles. The standard InChI is InChI=1S/C13H12N4O4/c14-5-7-3-11(17(20)21)12(15-6-7)16-8-1-2-10(16)9(4-8)13(18)19/h3,6,8-10H,1-2,4H2,(H,18,19). The highest BCUT2D eigenvalue weighted by Crippen LogP contribution is 2.46. The molecule has 108 valence electrons. The topological polar surface area (TPSA) is 120 Å². The van der Waals surface area contributed by atoms with E-state index in [4.69, 9.17) is 5.26 Å². The van der Waals surface area contributed by atoms with Gasteiger partial charge in [0, 0.05) is 24.3 Å². The number of nitriles is 1. The largest absolute Gasteiger partial charge is 0.481 e. The summed E-state index contributed by atoms with van der Waals surface area (Å²) < 4.78 is 0. The lowest BCUT2D eigenvalue weighted by Crippen LogP contribution is -2.33. The molecule has 0 spiro atoms. The third-order valence-corrected chi connectivity index (χ3v) is 4.27. The Balaban J connectivity index is 2.04. The first-order chi connectivity index (χ1) is 10.0. The highest BCUT2D eigenvalue weighted by molar-refractivity contribution is 5.75. The number of aromatic nitrogens is 1. The first-order valence-electron chi connectivity index (χ1n) is 6.58. The third-order valence-electron chi connectivity index (χ3n) is 4.27. The van der Waals surface area contributed by atoms with Crippen LogP contribution < -0.4 is 4.90 Å². The van der Waals surface area contributed by atoms with E-state index in [-0.39, 0.29) is 29.2 Å². The van der Waals surface area contributed by atoms with Crippen LogP contribution in [0.2, 0.25) is 0 Å². The van der Waals surface area contributed by atoms with Crippen LogP contribution in [0.25, 0.3) is 0 Å². The maximum absolute atomic E-state index is 11.3. The molecule has 3 unspecified atom stereocenters. The highest BCUT2D eigenvalue weighted by atomic mass is 16.6. The van der Waals surface area contributed by atoms with Crippen molar-refractivity contribution in [2.24, 2.45) is 5.92 Å². The van der Waals surface area contributed by atoms with Crippen molar-refractivity contribution in [2.45, 2.75) is 31.3 Å². The zero-order chi connectivity index (χ0) is 15.1. The molecule has 3 rings (SSSR count). The van der Waals surface area contributed by atoms with Gasteiger partial charge in [-0.1, -0.05) is 0 Å². The summed E-state index contributed by atoms with van der Waals surface area (Å²) in [4.78, 5) is 27.7. The van der Waals surface area contributed by atoms with E-state index in [9.17, 15) is 20.0 Å². The second-order valence-electron chi connectivity index (χ2n) is 5.32. The summed E-state index contributed by atoms with van der Waals surface area (Å²) in [7, 11) is 0. The van der Waals surface area contributed by atoms with Crippen molar-refractivity contribution in [3.63, 3.8) is 0 Å². The maximum atomic E-state index is 11.3. The van der Waals surface area contributed by atoms with Gasteiger partial charge in [-0.15, -0.1) is 0 Å².